The molecular weight excluding hydrogens is 296 g/mol. The molecule has 4 rings (SSSR count). The Morgan fingerprint density at radius 3 is 2.81 bits per heavy atom. The fourth-order valence-corrected chi connectivity index (χ4v) is 5.32. The fraction of sp³-hybridized carbons (Fsp3) is 0.588. The van der Waals surface area contributed by atoms with Gasteiger partial charge in [-0.25, -0.2) is 4.98 Å². The molecular formula is C17H22N2S2. The van der Waals surface area contributed by atoms with Gasteiger partial charge in [-0.2, -0.15) is 0 Å². The zero-order valence-electron chi connectivity index (χ0n) is 12.5. The van der Waals surface area contributed by atoms with Gasteiger partial charge in [0, 0.05) is 20.7 Å². The van der Waals surface area contributed by atoms with Gasteiger partial charge in [0.05, 0.1) is 11.7 Å². The second-order valence-electron chi connectivity index (χ2n) is 6.16. The van der Waals surface area contributed by atoms with E-state index in [0.717, 1.165) is 6.42 Å². The van der Waals surface area contributed by atoms with E-state index >= 15 is 0 Å². The lowest BCUT2D eigenvalue weighted by atomic mass is 10.0. The molecule has 2 heterocycles. The van der Waals surface area contributed by atoms with E-state index in [-0.39, 0.29) is 0 Å². The van der Waals surface area contributed by atoms with Crippen LogP contribution < -0.4 is 5.32 Å². The number of fused-ring (bicyclic) bond motifs is 1. The third-order valence-corrected chi connectivity index (χ3v) is 6.92. The van der Waals surface area contributed by atoms with Gasteiger partial charge < -0.3 is 5.32 Å². The molecule has 0 bridgehead atoms. The molecule has 1 saturated carbocycles. The second kappa shape index (κ2) is 5.82. The highest BCUT2D eigenvalue weighted by molar-refractivity contribution is 7.13. The first kappa shape index (κ1) is 13.9. The molecule has 0 aromatic carbocycles. The van der Waals surface area contributed by atoms with Crippen molar-refractivity contribution in [2.45, 2.75) is 64.0 Å². The van der Waals surface area contributed by atoms with Gasteiger partial charge >= 0.3 is 0 Å². The van der Waals surface area contributed by atoms with E-state index in [2.05, 4.69) is 24.4 Å². The summed E-state index contributed by atoms with van der Waals surface area (Å²) in [6.45, 7) is 2.24. The maximum Gasteiger partial charge on any atom is 0.116 e. The Kier molecular flexibility index (Phi) is 3.86. The maximum absolute atomic E-state index is 5.01. The van der Waals surface area contributed by atoms with Crippen molar-refractivity contribution in [3.05, 3.63) is 37.5 Å². The zero-order chi connectivity index (χ0) is 14.2. The lowest BCUT2D eigenvalue weighted by Gasteiger charge is -2.14. The predicted octanol–water partition coefficient (Wildman–Crippen LogP) is 4.49. The number of nitrogens with one attached hydrogen (secondary N) is 1. The zero-order valence-corrected chi connectivity index (χ0v) is 14.2. The number of aromatic nitrogens is 1. The summed E-state index contributed by atoms with van der Waals surface area (Å²) in [4.78, 5) is 9.48. The van der Waals surface area contributed by atoms with E-state index in [9.17, 15) is 0 Å². The van der Waals surface area contributed by atoms with E-state index < -0.39 is 0 Å². The Morgan fingerprint density at radius 2 is 2.10 bits per heavy atom. The first-order chi connectivity index (χ1) is 10.3. The van der Waals surface area contributed by atoms with Crippen LogP contribution in [0.3, 0.4) is 0 Å². The summed E-state index contributed by atoms with van der Waals surface area (Å²) in [6.07, 6.45) is 8.88. The summed E-state index contributed by atoms with van der Waals surface area (Å²) >= 11 is 3.91. The largest absolute Gasteiger partial charge is 0.301 e. The summed E-state index contributed by atoms with van der Waals surface area (Å²) in [5.74, 6) is 0. The topological polar surface area (TPSA) is 24.9 Å². The van der Waals surface area contributed by atoms with Gasteiger partial charge in [0.2, 0.25) is 0 Å². The molecule has 0 radical (unpaired) electrons. The summed E-state index contributed by atoms with van der Waals surface area (Å²) in [5.41, 5.74) is 1.39. The monoisotopic (exact) mass is 318 g/mol. The van der Waals surface area contributed by atoms with E-state index in [4.69, 9.17) is 4.98 Å². The van der Waals surface area contributed by atoms with Gasteiger partial charge in [-0.3, -0.25) is 0 Å². The normalized spacial score (nSPS) is 19.5. The predicted molar refractivity (Wildman–Crippen MR) is 90.5 cm³/mol. The molecule has 0 spiro atoms. The number of thiazole rings is 1. The van der Waals surface area contributed by atoms with Crippen LogP contribution in [0.25, 0.3) is 0 Å². The average molecular weight is 319 g/mol. The quantitative estimate of drug-likeness (QED) is 0.879. The van der Waals surface area contributed by atoms with Crippen LogP contribution in [0.15, 0.2) is 12.1 Å². The Bertz CT molecular complexity index is 601. The van der Waals surface area contributed by atoms with Crippen LogP contribution in [0.1, 0.15) is 64.0 Å². The minimum absolute atomic E-state index is 0.332. The van der Waals surface area contributed by atoms with Crippen LogP contribution in [0.5, 0.6) is 0 Å². The van der Waals surface area contributed by atoms with E-state index in [1.54, 1.807) is 4.88 Å². The number of aryl methyl sites for hydroxylation is 3. The molecule has 0 saturated heterocycles. The van der Waals surface area contributed by atoms with Crippen molar-refractivity contribution in [3.63, 3.8) is 0 Å². The molecule has 112 valence electrons. The molecule has 21 heavy (non-hydrogen) atoms. The summed E-state index contributed by atoms with van der Waals surface area (Å²) < 4.78 is 0. The SMILES string of the molecule is CCc1ccc(C(NC2CC2)c2nc3c(s2)CCCC3)s1. The van der Waals surface area contributed by atoms with Crippen LogP contribution in [0.4, 0.5) is 0 Å². The minimum Gasteiger partial charge on any atom is -0.301 e. The standard InChI is InChI=1S/C17H22N2S2/c1-2-12-9-10-15(20-12)16(18-11-7-8-11)17-19-13-5-3-4-6-14(13)21-17/h9-11,16,18H,2-8H2,1H3. The summed E-state index contributed by atoms with van der Waals surface area (Å²) in [7, 11) is 0. The van der Waals surface area contributed by atoms with Crippen LogP contribution in [0, 0.1) is 0 Å². The lowest BCUT2D eigenvalue weighted by Crippen LogP contribution is -2.23. The van der Waals surface area contributed by atoms with Crippen molar-refractivity contribution >= 4 is 22.7 Å². The molecule has 4 heteroatoms. The molecule has 1 unspecified atom stereocenters. The first-order valence-electron chi connectivity index (χ1n) is 8.16. The molecule has 1 atom stereocenters. The third-order valence-electron chi connectivity index (χ3n) is 4.40. The highest BCUT2D eigenvalue weighted by atomic mass is 32.1. The van der Waals surface area contributed by atoms with Gasteiger partial charge in [-0.15, -0.1) is 22.7 Å². The van der Waals surface area contributed by atoms with Crippen molar-refractivity contribution < 1.29 is 0 Å². The number of hydrogen-bond acceptors (Lipinski definition) is 4. The van der Waals surface area contributed by atoms with Gasteiger partial charge in [0.25, 0.3) is 0 Å². The molecule has 2 aliphatic rings. The molecule has 0 aliphatic heterocycles. The van der Waals surface area contributed by atoms with Gasteiger partial charge in [0.1, 0.15) is 5.01 Å². The van der Waals surface area contributed by atoms with Crippen LogP contribution in [-0.2, 0) is 19.3 Å². The van der Waals surface area contributed by atoms with Crippen molar-refractivity contribution in [3.8, 4) is 0 Å². The fourth-order valence-electron chi connectivity index (χ4n) is 3.00. The summed E-state index contributed by atoms with van der Waals surface area (Å²) in [6, 6.07) is 5.64. The number of hydrogen-bond donors (Lipinski definition) is 1. The Labute approximate surface area is 134 Å². The third kappa shape index (κ3) is 2.94. The van der Waals surface area contributed by atoms with Crippen LogP contribution in [-0.4, -0.2) is 11.0 Å². The van der Waals surface area contributed by atoms with Crippen molar-refractivity contribution in [1.82, 2.24) is 10.3 Å². The number of rotatable bonds is 5. The van der Waals surface area contributed by atoms with Crippen molar-refractivity contribution in [2.75, 3.05) is 0 Å². The average Bonchev–Trinajstić information content (AvgIpc) is 3.04. The molecule has 2 aromatic rings. The van der Waals surface area contributed by atoms with Crippen molar-refractivity contribution in [1.29, 1.82) is 0 Å². The Balaban J connectivity index is 1.66. The smallest absolute Gasteiger partial charge is 0.116 e. The highest BCUT2D eigenvalue weighted by Gasteiger charge is 2.30. The minimum atomic E-state index is 0.332. The van der Waals surface area contributed by atoms with Gasteiger partial charge in [0.15, 0.2) is 0 Å². The summed E-state index contributed by atoms with van der Waals surface area (Å²) in [5, 5.41) is 5.13. The number of thiophene rings is 1. The lowest BCUT2D eigenvalue weighted by molar-refractivity contribution is 0.602. The molecule has 1 N–H and O–H groups in total. The van der Waals surface area contributed by atoms with Crippen LogP contribution >= 0.6 is 22.7 Å². The molecule has 2 aromatic heterocycles. The van der Waals surface area contributed by atoms with Crippen molar-refractivity contribution in [2.24, 2.45) is 0 Å². The Hall–Kier alpha value is -0.710. The van der Waals surface area contributed by atoms with E-state index in [1.165, 1.54) is 59.0 Å². The van der Waals surface area contributed by atoms with E-state index in [0.29, 0.717) is 12.1 Å². The van der Waals surface area contributed by atoms with Gasteiger partial charge in [-0.1, -0.05) is 6.92 Å². The maximum atomic E-state index is 5.01. The van der Waals surface area contributed by atoms with E-state index in [1.807, 2.05) is 22.7 Å². The molecule has 2 aliphatic carbocycles. The first-order valence-corrected chi connectivity index (χ1v) is 9.80. The second-order valence-corrected chi connectivity index (χ2v) is 8.48. The molecule has 1 fully saturated rings. The molecule has 2 nitrogen and oxygen atoms in total. The molecule has 0 amide bonds. The van der Waals surface area contributed by atoms with Crippen LogP contribution in [0.2, 0.25) is 0 Å². The van der Waals surface area contributed by atoms with Gasteiger partial charge in [-0.05, 0) is 57.1 Å². The highest BCUT2D eigenvalue weighted by Crippen LogP contribution is 2.37. The number of nitrogens with zero attached hydrogens (tertiary/aromatic N) is 1. The Morgan fingerprint density at radius 1 is 1.24 bits per heavy atom.